The molecule has 1 N–H and O–H groups in total. The largest absolute Gasteiger partial charge is 0.338 e. The first-order valence-corrected chi connectivity index (χ1v) is 10.7. The highest BCUT2D eigenvalue weighted by molar-refractivity contribution is 5.74. The first-order chi connectivity index (χ1) is 13.8. The normalized spacial score (nSPS) is 20.1. The lowest BCUT2D eigenvalue weighted by Crippen LogP contribution is -2.58. The van der Waals surface area contributed by atoms with Crippen LogP contribution in [-0.2, 0) is 12.8 Å². The second-order valence-corrected chi connectivity index (χ2v) is 8.08. The van der Waals surface area contributed by atoms with Crippen molar-refractivity contribution in [2.75, 3.05) is 26.2 Å². The molecule has 0 radical (unpaired) electrons. The number of hydrogen-bond donors (Lipinski definition) is 1. The monoisotopic (exact) mass is 377 g/mol. The summed E-state index contributed by atoms with van der Waals surface area (Å²) in [5.74, 6) is 0. The van der Waals surface area contributed by atoms with Crippen molar-refractivity contribution in [1.29, 1.82) is 0 Å². The van der Waals surface area contributed by atoms with Crippen molar-refractivity contribution in [3.05, 3.63) is 71.8 Å². The highest BCUT2D eigenvalue weighted by Crippen LogP contribution is 2.29. The Kier molecular flexibility index (Phi) is 6.27. The van der Waals surface area contributed by atoms with E-state index in [4.69, 9.17) is 0 Å². The van der Waals surface area contributed by atoms with Gasteiger partial charge in [-0.3, -0.25) is 4.90 Å². The molecule has 2 amide bonds. The van der Waals surface area contributed by atoms with Gasteiger partial charge in [-0.2, -0.15) is 0 Å². The van der Waals surface area contributed by atoms with Gasteiger partial charge in [0.1, 0.15) is 0 Å². The minimum absolute atomic E-state index is 0.101. The Balaban J connectivity index is 1.31. The molecule has 28 heavy (non-hydrogen) atoms. The molecular weight excluding hydrogens is 346 g/mol. The third-order valence-corrected chi connectivity index (χ3v) is 5.91. The minimum Gasteiger partial charge on any atom is -0.338 e. The SMILES string of the molecule is O=C(NCCCc1ccccc1)N1CCN(C2CC2)CC1Cc1ccccc1. The van der Waals surface area contributed by atoms with Gasteiger partial charge in [0.05, 0.1) is 6.04 Å². The summed E-state index contributed by atoms with van der Waals surface area (Å²) in [4.78, 5) is 17.6. The first-order valence-electron chi connectivity index (χ1n) is 10.7. The number of hydrogen-bond acceptors (Lipinski definition) is 2. The van der Waals surface area contributed by atoms with Crippen molar-refractivity contribution < 1.29 is 4.79 Å². The number of benzene rings is 2. The fraction of sp³-hybridized carbons (Fsp3) is 0.458. The number of rotatable bonds is 7. The fourth-order valence-electron chi connectivity index (χ4n) is 4.21. The molecule has 1 saturated carbocycles. The number of carbonyl (C=O) groups excluding carboxylic acids is 1. The van der Waals surface area contributed by atoms with Gasteiger partial charge >= 0.3 is 6.03 Å². The summed E-state index contributed by atoms with van der Waals surface area (Å²) in [5.41, 5.74) is 2.64. The Morgan fingerprint density at radius 1 is 0.929 bits per heavy atom. The Morgan fingerprint density at radius 3 is 2.29 bits per heavy atom. The molecule has 2 fully saturated rings. The number of amides is 2. The molecule has 2 aliphatic rings. The zero-order valence-corrected chi connectivity index (χ0v) is 16.6. The second-order valence-electron chi connectivity index (χ2n) is 8.08. The van der Waals surface area contributed by atoms with Crippen LogP contribution in [0.2, 0.25) is 0 Å². The Morgan fingerprint density at radius 2 is 1.61 bits per heavy atom. The summed E-state index contributed by atoms with van der Waals surface area (Å²) in [6.07, 6.45) is 5.56. The van der Waals surface area contributed by atoms with Gasteiger partial charge in [0.25, 0.3) is 0 Å². The van der Waals surface area contributed by atoms with Crippen LogP contribution in [0.5, 0.6) is 0 Å². The van der Waals surface area contributed by atoms with Crippen LogP contribution < -0.4 is 5.32 Å². The van der Waals surface area contributed by atoms with E-state index in [1.54, 1.807) is 0 Å². The Bertz CT molecular complexity index is 745. The van der Waals surface area contributed by atoms with Gasteiger partial charge in [0.2, 0.25) is 0 Å². The van der Waals surface area contributed by atoms with Gasteiger partial charge in [0, 0.05) is 32.2 Å². The smallest absolute Gasteiger partial charge is 0.317 e. The predicted molar refractivity (Wildman–Crippen MR) is 113 cm³/mol. The lowest BCUT2D eigenvalue weighted by molar-refractivity contribution is 0.0893. The van der Waals surface area contributed by atoms with Crippen LogP contribution in [0.1, 0.15) is 30.4 Å². The number of aryl methyl sites for hydroxylation is 1. The first kappa shape index (κ1) is 19.0. The molecule has 1 heterocycles. The standard InChI is InChI=1S/C24H31N3O/c28-24(25-15-7-12-20-8-3-1-4-9-20)27-17-16-26(22-13-14-22)19-23(27)18-21-10-5-2-6-11-21/h1-6,8-11,22-23H,7,12-19H2,(H,25,28). The summed E-state index contributed by atoms with van der Waals surface area (Å²) < 4.78 is 0. The predicted octanol–water partition coefficient (Wildman–Crippen LogP) is 3.72. The van der Waals surface area contributed by atoms with E-state index < -0.39 is 0 Å². The maximum atomic E-state index is 12.9. The molecule has 1 saturated heterocycles. The summed E-state index contributed by atoms with van der Waals surface area (Å²) >= 11 is 0. The number of nitrogens with one attached hydrogen (secondary N) is 1. The fourth-order valence-corrected chi connectivity index (χ4v) is 4.21. The highest BCUT2D eigenvalue weighted by Gasteiger charge is 2.37. The number of piperazine rings is 1. The molecule has 1 atom stereocenters. The second kappa shape index (κ2) is 9.24. The van der Waals surface area contributed by atoms with E-state index in [0.717, 1.165) is 51.5 Å². The maximum Gasteiger partial charge on any atom is 0.317 e. The summed E-state index contributed by atoms with van der Waals surface area (Å²) in [6, 6.07) is 22.2. The van der Waals surface area contributed by atoms with E-state index in [2.05, 4.69) is 69.7 Å². The Hall–Kier alpha value is -2.33. The van der Waals surface area contributed by atoms with Crippen molar-refractivity contribution in [3.63, 3.8) is 0 Å². The average molecular weight is 378 g/mol. The molecule has 2 aromatic rings. The van der Waals surface area contributed by atoms with Crippen molar-refractivity contribution in [1.82, 2.24) is 15.1 Å². The average Bonchev–Trinajstić information content (AvgIpc) is 3.58. The number of carbonyl (C=O) groups is 1. The third kappa shape index (κ3) is 5.14. The molecule has 0 spiro atoms. The molecule has 1 aliphatic heterocycles. The third-order valence-electron chi connectivity index (χ3n) is 5.91. The summed E-state index contributed by atoms with van der Waals surface area (Å²) in [6.45, 7) is 3.57. The van der Waals surface area contributed by atoms with Crippen molar-refractivity contribution >= 4 is 6.03 Å². The van der Waals surface area contributed by atoms with Gasteiger partial charge in [-0.1, -0.05) is 60.7 Å². The van der Waals surface area contributed by atoms with E-state index in [1.165, 1.54) is 24.0 Å². The van der Waals surface area contributed by atoms with E-state index in [9.17, 15) is 4.79 Å². The lowest BCUT2D eigenvalue weighted by atomic mass is 10.0. The lowest BCUT2D eigenvalue weighted by Gasteiger charge is -2.41. The van der Waals surface area contributed by atoms with Crippen LogP contribution in [0.15, 0.2) is 60.7 Å². The molecule has 148 valence electrons. The number of nitrogens with zero attached hydrogens (tertiary/aromatic N) is 2. The molecule has 4 rings (SSSR count). The van der Waals surface area contributed by atoms with Gasteiger partial charge in [0.15, 0.2) is 0 Å². The van der Waals surface area contributed by atoms with E-state index >= 15 is 0 Å². The van der Waals surface area contributed by atoms with Crippen LogP contribution in [0.3, 0.4) is 0 Å². The topological polar surface area (TPSA) is 35.6 Å². The van der Waals surface area contributed by atoms with Gasteiger partial charge in [-0.15, -0.1) is 0 Å². The van der Waals surface area contributed by atoms with Crippen molar-refractivity contribution in [2.45, 2.75) is 44.2 Å². The molecule has 1 aliphatic carbocycles. The van der Waals surface area contributed by atoms with Crippen LogP contribution in [0.4, 0.5) is 4.79 Å². The quantitative estimate of drug-likeness (QED) is 0.747. The highest BCUT2D eigenvalue weighted by atomic mass is 16.2. The zero-order valence-electron chi connectivity index (χ0n) is 16.6. The molecule has 2 aromatic carbocycles. The van der Waals surface area contributed by atoms with E-state index in [-0.39, 0.29) is 12.1 Å². The van der Waals surface area contributed by atoms with Crippen LogP contribution in [-0.4, -0.2) is 54.1 Å². The molecule has 4 nitrogen and oxygen atoms in total. The molecular formula is C24H31N3O. The van der Waals surface area contributed by atoms with Gasteiger partial charge in [-0.25, -0.2) is 4.79 Å². The molecule has 0 aromatic heterocycles. The molecule has 1 unspecified atom stereocenters. The van der Waals surface area contributed by atoms with Crippen LogP contribution in [0.25, 0.3) is 0 Å². The minimum atomic E-state index is 0.101. The maximum absolute atomic E-state index is 12.9. The zero-order chi connectivity index (χ0) is 19.2. The molecule has 4 heteroatoms. The summed E-state index contributed by atoms with van der Waals surface area (Å²) in [5, 5.41) is 3.17. The van der Waals surface area contributed by atoms with Crippen LogP contribution >= 0.6 is 0 Å². The van der Waals surface area contributed by atoms with E-state index in [1.807, 2.05) is 6.07 Å². The molecule has 0 bridgehead atoms. The van der Waals surface area contributed by atoms with Gasteiger partial charge in [-0.05, 0) is 43.2 Å². The number of urea groups is 1. The van der Waals surface area contributed by atoms with Gasteiger partial charge < -0.3 is 10.2 Å². The Labute approximate surface area is 168 Å². The van der Waals surface area contributed by atoms with Crippen molar-refractivity contribution in [2.24, 2.45) is 0 Å². The van der Waals surface area contributed by atoms with Crippen LogP contribution in [0, 0.1) is 0 Å². The van der Waals surface area contributed by atoms with Crippen molar-refractivity contribution in [3.8, 4) is 0 Å². The van der Waals surface area contributed by atoms with E-state index in [0.29, 0.717) is 0 Å². The summed E-state index contributed by atoms with van der Waals surface area (Å²) in [7, 11) is 0.